The summed E-state index contributed by atoms with van der Waals surface area (Å²) >= 11 is 0. The predicted octanol–water partition coefficient (Wildman–Crippen LogP) is 2.69. The molecule has 0 radical (unpaired) electrons. The second-order valence-corrected chi connectivity index (χ2v) is 5.98. The molecule has 1 amide bonds. The van der Waals surface area contributed by atoms with Crippen LogP contribution < -0.4 is 10.9 Å². The van der Waals surface area contributed by atoms with Gasteiger partial charge in [0.1, 0.15) is 12.1 Å². The third-order valence-electron chi connectivity index (χ3n) is 4.01. The maximum atomic E-state index is 12.8. The van der Waals surface area contributed by atoms with Crippen molar-refractivity contribution in [2.75, 3.05) is 0 Å². The van der Waals surface area contributed by atoms with Crippen LogP contribution in [0.3, 0.4) is 0 Å². The summed E-state index contributed by atoms with van der Waals surface area (Å²) in [7, 11) is 0. The Balaban J connectivity index is 1.75. The molecule has 3 rings (SSSR count). The molecule has 27 heavy (non-hydrogen) atoms. The highest BCUT2D eigenvalue weighted by molar-refractivity contribution is 5.78. The van der Waals surface area contributed by atoms with Gasteiger partial charge in [-0.25, -0.2) is 4.68 Å². The molecule has 1 atom stereocenters. The Hall–Kier alpha value is -3.23. The van der Waals surface area contributed by atoms with Crippen molar-refractivity contribution in [3.05, 3.63) is 70.0 Å². The van der Waals surface area contributed by atoms with E-state index >= 15 is 0 Å². The van der Waals surface area contributed by atoms with Crippen molar-refractivity contribution in [2.45, 2.75) is 25.7 Å². The lowest BCUT2D eigenvalue weighted by atomic mass is 10.0. The van der Waals surface area contributed by atoms with Gasteiger partial charge in [0.05, 0.1) is 17.0 Å². The Kier molecular flexibility index (Phi) is 4.93. The minimum Gasteiger partial charge on any atom is -0.348 e. The molecule has 2 aromatic carbocycles. The van der Waals surface area contributed by atoms with Crippen molar-refractivity contribution >= 4 is 16.8 Å². The number of halogens is 3. The minimum absolute atomic E-state index is 0.301. The number of alkyl halides is 3. The molecule has 0 saturated carbocycles. The zero-order valence-corrected chi connectivity index (χ0v) is 14.2. The van der Waals surface area contributed by atoms with Gasteiger partial charge in [0, 0.05) is 0 Å². The van der Waals surface area contributed by atoms with Crippen molar-refractivity contribution in [2.24, 2.45) is 0 Å². The van der Waals surface area contributed by atoms with Gasteiger partial charge in [-0.3, -0.25) is 9.59 Å². The number of nitrogens with one attached hydrogen (secondary N) is 1. The van der Waals surface area contributed by atoms with Gasteiger partial charge < -0.3 is 5.32 Å². The van der Waals surface area contributed by atoms with Gasteiger partial charge in [0.2, 0.25) is 5.91 Å². The van der Waals surface area contributed by atoms with Crippen molar-refractivity contribution in [3.8, 4) is 0 Å². The molecular weight excluding hydrogens is 361 g/mol. The maximum Gasteiger partial charge on any atom is 0.416 e. The molecule has 0 fully saturated rings. The molecule has 0 aliphatic heterocycles. The lowest BCUT2D eigenvalue weighted by Crippen LogP contribution is -2.35. The summed E-state index contributed by atoms with van der Waals surface area (Å²) in [6, 6.07) is 10.6. The fourth-order valence-electron chi connectivity index (χ4n) is 2.62. The van der Waals surface area contributed by atoms with Crippen molar-refractivity contribution in [1.29, 1.82) is 0 Å². The molecule has 0 aliphatic carbocycles. The highest BCUT2D eigenvalue weighted by Gasteiger charge is 2.30. The smallest absolute Gasteiger partial charge is 0.348 e. The molecule has 9 heteroatoms. The summed E-state index contributed by atoms with van der Waals surface area (Å²) in [5.74, 6) is -0.563. The van der Waals surface area contributed by atoms with E-state index in [-0.39, 0.29) is 6.54 Å². The van der Waals surface area contributed by atoms with E-state index in [2.05, 4.69) is 15.6 Å². The molecule has 0 aliphatic rings. The van der Waals surface area contributed by atoms with Crippen LogP contribution in [0.15, 0.2) is 53.3 Å². The first-order valence-corrected chi connectivity index (χ1v) is 8.05. The average molecular weight is 376 g/mol. The number of nitrogens with zero attached hydrogens (tertiary/aromatic N) is 3. The molecule has 6 nitrogen and oxygen atoms in total. The normalized spacial score (nSPS) is 12.7. The van der Waals surface area contributed by atoms with Crippen LogP contribution in [0.25, 0.3) is 10.9 Å². The SMILES string of the molecule is CC(NC(=O)Cn1nnc2ccccc2c1=O)c1cccc(C(F)(F)F)c1. The lowest BCUT2D eigenvalue weighted by Gasteiger charge is -2.16. The zero-order chi connectivity index (χ0) is 19.6. The Morgan fingerprint density at radius 3 is 2.67 bits per heavy atom. The molecule has 1 unspecified atom stereocenters. The molecule has 1 aromatic heterocycles. The second-order valence-electron chi connectivity index (χ2n) is 5.98. The van der Waals surface area contributed by atoms with Crippen LogP contribution in [-0.2, 0) is 17.5 Å². The Bertz CT molecular complexity index is 1050. The van der Waals surface area contributed by atoms with E-state index in [0.717, 1.165) is 16.8 Å². The van der Waals surface area contributed by atoms with Crippen LogP contribution in [0, 0.1) is 0 Å². The van der Waals surface area contributed by atoms with Crippen LogP contribution in [0.4, 0.5) is 13.2 Å². The monoisotopic (exact) mass is 376 g/mol. The standard InChI is InChI=1S/C18H15F3N4O2/c1-11(12-5-4-6-13(9-12)18(19,20)21)22-16(26)10-25-17(27)14-7-2-3-8-15(14)23-24-25/h2-9,11H,10H2,1H3,(H,22,26). The molecule has 1 N–H and O–H groups in total. The number of hydrogen-bond donors (Lipinski definition) is 1. The topological polar surface area (TPSA) is 76.9 Å². The van der Waals surface area contributed by atoms with Gasteiger partial charge in [-0.2, -0.15) is 13.2 Å². The van der Waals surface area contributed by atoms with Crippen LogP contribution in [0.5, 0.6) is 0 Å². The lowest BCUT2D eigenvalue weighted by molar-refractivity contribution is -0.137. The van der Waals surface area contributed by atoms with Gasteiger partial charge in [-0.1, -0.05) is 29.5 Å². The molecule has 3 aromatic rings. The summed E-state index contributed by atoms with van der Waals surface area (Å²) in [6.07, 6.45) is -4.46. The number of hydrogen-bond acceptors (Lipinski definition) is 4. The highest BCUT2D eigenvalue weighted by Crippen LogP contribution is 2.30. The van der Waals surface area contributed by atoms with E-state index < -0.39 is 29.2 Å². The van der Waals surface area contributed by atoms with Crippen LogP contribution in [-0.4, -0.2) is 20.9 Å². The molecule has 0 spiro atoms. The Morgan fingerprint density at radius 2 is 1.93 bits per heavy atom. The number of carbonyl (C=O) groups is 1. The van der Waals surface area contributed by atoms with Crippen molar-refractivity contribution < 1.29 is 18.0 Å². The van der Waals surface area contributed by atoms with Gasteiger partial charge >= 0.3 is 6.18 Å². The van der Waals surface area contributed by atoms with Gasteiger partial charge in [0.15, 0.2) is 0 Å². The largest absolute Gasteiger partial charge is 0.416 e. The molecular formula is C18H15F3N4O2. The minimum atomic E-state index is -4.46. The molecule has 0 bridgehead atoms. The van der Waals surface area contributed by atoms with Crippen molar-refractivity contribution in [3.63, 3.8) is 0 Å². The summed E-state index contributed by atoms with van der Waals surface area (Å²) in [5, 5.41) is 10.5. The third kappa shape index (κ3) is 4.13. The van der Waals surface area contributed by atoms with E-state index in [0.29, 0.717) is 16.5 Å². The van der Waals surface area contributed by atoms with E-state index in [1.54, 1.807) is 31.2 Å². The average Bonchev–Trinajstić information content (AvgIpc) is 2.63. The van der Waals surface area contributed by atoms with Crippen LogP contribution in [0.1, 0.15) is 24.1 Å². The Morgan fingerprint density at radius 1 is 1.19 bits per heavy atom. The molecule has 1 heterocycles. The van der Waals surface area contributed by atoms with E-state index in [9.17, 15) is 22.8 Å². The van der Waals surface area contributed by atoms with Crippen molar-refractivity contribution in [1.82, 2.24) is 20.3 Å². The number of amides is 1. The Labute approximate surface area is 151 Å². The first-order valence-electron chi connectivity index (χ1n) is 8.05. The van der Waals surface area contributed by atoms with Gasteiger partial charge in [0.25, 0.3) is 5.56 Å². The summed E-state index contributed by atoms with van der Waals surface area (Å²) in [6.45, 7) is 1.17. The first kappa shape index (κ1) is 18.6. The highest BCUT2D eigenvalue weighted by atomic mass is 19.4. The van der Waals surface area contributed by atoms with E-state index in [4.69, 9.17) is 0 Å². The van der Waals surface area contributed by atoms with Gasteiger partial charge in [-0.15, -0.1) is 5.10 Å². The van der Waals surface area contributed by atoms with Gasteiger partial charge in [-0.05, 0) is 36.8 Å². The number of aromatic nitrogens is 3. The fourth-order valence-corrected chi connectivity index (χ4v) is 2.62. The molecule has 140 valence electrons. The van der Waals surface area contributed by atoms with Crippen LogP contribution >= 0.6 is 0 Å². The third-order valence-corrected chi connectivity index (χ3v) is 4.01. The predicted molar refractivity (Wildman–Crippen MR) is 91.8 cm³/mol. The summed E-state index contributed by atoms with van der Waals surface area (Å²) in [5.41, 5.74) is -0.549. The number of carbonyl (C=O) groups excluding carboxylic acids is 1. The quantitative estimate of drug-likeness (QED) is 0.760. The second kappa shape index (κ2) is 7.18. The number of rotatable bonds is 4. The first-order chi connectivity index (χ1) is 12.8. The zero-order valence-electron chi connectivity index (χ0n) is 14.2. The number of fused-ring (bicyclic) bond motifs is 1. The van der Waals surface area contributed by atoms with E-state index in [1.165, 1.54) is 12.1 Å². The maximum absolute atomic E-state index is 12.8. The summed E-state index contributed by atoms with van der Waals surface area (Å²) in [4.78, 5) is 24.5. The number of benzene rings is 2. The summed E-state index contributed by atoms with van der Waals surface area (Å²) < 4.78 is 39.4. The fraction of sp³-hybridized carbons (Fsp3) is 0.222. The molecule has 0 saturated heterocycles. The van der Waals surface area contributed by atoms with Crippen LogP contribution in [0.2, 0.25) is 0 Å². The van der Waals surface area contributed by atoms with E-state index in [1.807, 2.05) is 0 Å².